The minimum absolute atomic E-state index is 0.0210. The number of nitrogens with zero attached hydrogens (tertiary/aromatic N) is 2. The van der Waals surface area contributed by atoms with E-state index in [1.807, 2.05) is 11.8 Å². The van der Waals surface area contributed by atoms with Gasteiger partial charge in [-0.3, -0.25) is 14.9 Å². The van der Waals surface area contributed by atoms with Crippen LogP contribution < -0.4 is 0 Å². The summed E-state index contributed by atoms with van der Waals surface area (Å²) in [6.45, 7) is 1.93. The first-order valence-corrected chi connectivity index (χ1v) is 7.40. The van der Waals surface area contributed by atoms with Crippen molar-refractivity contribution in [3.05, 3.63) is 28.0 Å². The normalized spacial score (nSPS) is 21.3. The number of rotatable bonds is 2. The molecule has 0 aromatic carbocycles. The number of nitro groups is 1. The third kappa shape index (κ3) is 2.40. The van der Waals surface area contributed by atoms with Crippen molar-refractivity contribution < 1.29 is 18.9 Å². The van der Waals surface area contributed by atoms with E-state index in [1.54, 1.807) is 4.90 Å². The van der Waals surface area contributed by atoms with Crippen molar-refractivity contribution in [3.8, 4) is 0 Å². The van der Waals surface area contributed by atoms with Crippen LogP contribution in [0.1, 0.15) is 23.4 Å². The van der Waals surface area contributed by atoms with Crippen LogP contribution in [-0.4, -0.2) is 46.1 Å². The maximum Gasteiger partial charge on any atom is 0.433 e. The minimum atomic E-state index is -0.648. The van der Waals surface area contributed by atoms with E-state index in [0.29, 0.717) is 13.1 Å². The van der Waals surface area contributed by atoms with E-state index >= 15 is 0 Å². The fraction of sp³-hybridized carbons (Fsp3) is 0.583. The van der Waals surface area contributed by atoms with Crippen LogP contribution >= 0.6 is 11.8 Å². The first kappa shape index (κ1) is 13.4. The second-order valence-corrected chi connectivity index (χ2v) is 6.24. The van der Waals surface area contributed by atoms with Crippen molar-refractivity contribution in [2.75, 3.05) is 25.4 Å². The van der Waals surface area contributed by atoms with Gasteiger partial charge in [0.2, 0.25) is 0 Å². The molecule has 0 atom stereocenters. The predicted molar refractivity (Wildman–Crippen MR) is 71.6 cm³/mol. The van der Waals surface area contributed by atoms with Crippen molar-refractivity contribution in [2.45, 2.75) is 17.8 Å². The molecule has 108 valence electrons. The highest BCUT2D eigenvalue weighted by molar-refractivity contribution is 8.00. The Morgan fingerprint density at radius 3 is 2.70 bits per heavy atom. The number of piperidine rings is 1. The van der Waals surface area contributed by atoms with E-state index in [0.717, 1.165) is 25.2 Å². The molecular weight excluding hydrogens is 284 g/mol. The molecule has 7 nitrogen and oxygen atoms in total. The Labute approximate surface area is 119 Å². The topological polar surface area (TPSA) is 85.8 Å². The van der Waals surface area contributed by atoms with Gasteiger partial charge in [0.15, 0.2) is 5.76 Å². The number of carbonyl (C=O) groups is 1. The van der Waals surface area contributed by atoms with E-state index in [1.165, 1.54) is 12.1 Å². The molecule has 2 fully saturated rings. The largest absolute Gasteiger partial charge is 0.433 e. The summed E-state index contributed by atoms with van der Waals surface area (Å²) in [6, 6.07) is 2.56. The van der Waals surface area contributed by atoms with E-state index in [2.05, 4.69) is 0 Å². The predicted octanol–water partition coefficient (Wildman–Crippen LogP) is 1.88. The molecule has 1 aromatic rings. The zero-order valence-electron chi connectivity index (χ0n) is 10.7. The van der Waals surface area contributed by atoms with Crippen LogP contribution in [0.15, 0.2) is 16.5 Å². The quantitative estimate of drug-likeness (QED) is 0.612. The first-order valence-electron chi connectivity index (χ1n) is 6.41. The number of carbonyl (C=O) groups excluding carboxylic acids is 1. The number of hydrogen-bond acceptors (Lipinski definition) is 6. The molecule has 20 heavy (non-hydrogen) atoms. The Kier molecular flexibility index (Phi) is 3.43. The highest BCUT2D eigenvalue weighted by atomic mass is 32.2. The number of amides is 1. The zero-order valence-corrected chi connectivity index (χ0v) is 11.6. The standard InChI is InChI=1S/C12H14N2O5S/c15-11(9-1-2-10(19-9)14(16)17)13-5-3-12(4-6-13)18-7-8-20-12/h1-2H,3-8H2. The van der Waals surface area contributed by atoms with Gasteiger partial charge in [-0.05, 0) is 6.07 Å². The molecule has 3 heterocycles. The molecule has 0 bridgehead atoms. The SMILES string of the molecule is O=C(c1ccc([N+](=O)[O-])o1)N1CCC2(CC1)OCCS2. The molecule has 1 amide bonds. The van der Waals surface area contributed by atoms with Crippen LogP contribution in [0.25, 0.3) is 0 Å². The summed E-state index contributed by atoms with van der Waals surface area (Å²) < 4.78 is 10.7. The van der Waals surface area contributed by atoms with Gasteiger partial charge in [-0.1, -0.05) is 0 Å². The van der Waals surface area contributed by atoms with E-state index in [9.17, 15) is 14.9 Å². The second-order valence-electron chi connectivity index (χ2n) is 4.79. The lowest BCUT2D eigenvalue weighted by Gasteiger charge is -2.37. The van der Waals surface area contributed by atoms with Gasteiger partial charge in [0, 0.05) is 31.7 Å². The fourth-order valence-electron chi connectivity index (χ4n) is 2.53. The molecule has 2 aliphatic rings. The van der Waals surface area contributed by atoms with Crippen molar-refractivity contribution >= 4 is 23.6 Å². The summed E-state index contributed by atoms with van der Waals surface area (Å²) >= 11 is 1.81. The molecule has 0 aliphatic carbocycles. The third-order valence-corrected chi connectivity index (χ3v) is 5.03. The lowest BCUT2D eigenvalue weighted by molar-refractivity contribution is -0.402. The number of ether oxygens (including phenoxy) is 1. The molecular formula is C12H14N2O5S. The number of hydrogen-bond donors (Lipinski definition) is 0. The molecule has 0 N–H and O–H groups in total. The minimum Gasteiger partial charge on any atom is -0.395 e. The third-order valence-electron chi connectivity index (χ3n) is 3.61. The highest BCUT2D eigenvalue weighted by Gasteiger charge is 2.40. The van der Waals surface area contributed by atoms with Crippen LogP contribution in [0.3, 0.4) is 0 Å². The van der Waals surface area contributed by atoms with Crippen LogP contribution in [0.2, 0.25) is 0 Å². The van der Waals surface area contributed by atoms with Gasteiger partial charge >= 0.3 is 5.88 Å². The summed E-state index contributed by atoms with van der Waals surface area (Å²) in [5.74, 6) is 0.318. The van der Waals surface area contributed by atoms with Crippen molar-refractivity contribution in [3.63, 3.8) is 0 Å². The fourth-order valence-corrected chi connectivity index (χ4v) is 3.71. The van der Waals surface area contributed by atoms with Gasteiger partial charge < -0.3 is 14.1 Å². The van der Waals surface area contributed by atoms with Crippen molar-refractivity contribution in [1.82, 2.24) is 4.90 Å². The van der Waals surface area contributed by atoms with Gasteiger partial charge in [0.05, 0.1) is 12.7 Å². The molecule has 2 aliphatic heterocycles. The van der Waals surface area contributed by atoms with Crippen LogP contribution in [-0.2, 0) is 4.74 Å². The van der Waals surface area contributed by atoms with Crippen LogP contribution in [0.5, 0.6) is 0 Å². The molecule has 8 heteroatoms. The maximum atomic E-state index is 12.2. The van der Waals surface area contributed by atoms with Crippen LogP contribution in [0.4, 0.5) is 5.88 Å². The summed E-state index contributed by atoms with van der Waals surface area (Å²) in [7, 11) is 0. The summed E-state index contributed by atoms with van der Waals surface area (Å²) in [5.41, 5.74) is 0. The molecule has 0 saturated carbocycles. The summed E-state index contributed by atoms with van der Waals surface area (Å²) in [5, 5.41) is 10.6. The Bertz CT molecular complexity index is 528. The average Bonchev–Trinajstić information content (AvgIpc) is 3.08. The highest BCUT2D eigenvalue weighted by Crippen LogP contribution is 2.41. The Balaban J connectivity index is 1.65. The first-order chi connectivity index (χ1) is 9.60. The molecule has 1 spiro atoms. The number of thioether (sulfide) groups is 1. The van der Waals surface area contributed by atoms with Gasteiger partial charge in [-0.2, -0.15) is 0 Å². The molecule has 3 rings (SSSR count). The molecule has 0 unspecified atom stereocenters. The van der Waals surface area contributed by atoms with E-state index in [4.69, 9.17) is 9.15 Å². The van der Waals surface area contributed by atoms with Gasteiger partial charge in [-0.25, -0.2) is 0 Å². The second kappa shape index (κ2) is 5.10. The summed E-state index contributed by atoms with van der Waals surface area (Å²) in [4.78, 5) is 23.6. The molecule has 2 saturated heterocycles. The van der Waals surface area contributed by atoms with Gasteiger partial charge in [-0.15, -0.1) is 11.8 Å². The Morgan fingerprint density at radius 1 is 1.40 bits per heavy atom. The van der Waals surface area contributed by atoms with Gasteiger partial charge in [0.25, 0.3) is 5.91 Å². The van der Waals surface area contributed by atoms with E-state index in [-0.39, 0.29) is 16.6 Å². The van der Waals surface area contributed by atoms with Crippen LogP contribution in [0, 0.1) is 10.1 Å². The van der Waals surface area contributed by atoms with Crippen molar-refractivity contribution in [1.29, 1.82) is 0 Å². The monoisotopic (exact) mass is 298 g/mol. The lowest BCUT2D eigenvalue weighted by Crippen LogP contribution is -2.45. The number of furan rings is 1. The smallest absolute Gasteiger partial charge is 0.395 e. The average molecular weight is 298 g/mol. The number of likely N-dealkylation sites (tertiary alicyclic amines) is 1. The van der Waals surface area contributed by atoms with Crippen molar-refractivity contribution in [2.24, 2.45) is 0 Å². The molecule has 0 radical (unpaired) electrons. The van der Waals surface area contributed by atoms with Gasteiger partial charge in [0.1, 0.15) is 9.86 Å². The summed E-state index contributed by atoms with van der Waals surface area (Å²) in [6.07, 6.45) is 1.57. The van der Waals surface area contributed by atoms with E-state index < -0.39 is 10.8 Å². The maximum absolute atomic E-state index is 12.2. The Morgan fingerprint density at radius 2 is 2.15 bits per heavy atom. The Hall–Kier alpha value is -1.54. The lowest BCUT2D eigenvalue weighted by atomic mass is 10.1. The zero-order chi connectivity index (χ0) is 14.2. The molecule has 1 aromatic heterocycles.